The second-order valence-corrected chi connectivity index (χ2v) is 8.30. The Kier molecular flexibility index (Phi) is 5.19. The second kappa shape index (κ2) is 6.55. The lowest BCUT2D eigenvalue weighted by Gasteiger charge is -2.32. The first-order valence-electron chi connectivity index (χ1n) is 8.49. The summed E-state index contributed by atoms with van der Waals surface area (Å²) >= 11 is 0. The van der Waals surface area contributed by atoms with E-state index in [0.29, 0.717) is 6.54 Å². The number of benzene rings is 1. The molecule has 1 aliphatic heterocycles. The van der Waals surface area contributed by atoms with Crippen LogP contribution < -0.4 is 10.5 Å². The molecule has 0 spiro atoms. The summed E-state index contributed by atoms with van der Waals surface area (Å²) in [5, 5.41) is 0. The summed E-state index contributed by atoms with van der Waals surface area (Å²) in [6, 6.07) is 7.97. The predicted octanol–water partition coefficient (Wildman–Crippen LogP) is 3.84. The van der Waals surface area contributed by atoms with Crippen molar-refractivity contribution in [2.24, 2.45) is 5.73 Å². The van der Waals surface area contributed by atoms with E-state index < -0.39 is 7.12 Å². The number of hydrogen-bond acceptors (Lipinski definition) is 4. The van der Waals surface area contributed by atoms with Gasteiger partial charge in [-0.15, -0.1) is 0 Å². The molecule has 4 nitrogen and oxygen atoms in total. The molecule has 2 rings (SSSR count). The first-order chi connectivity index (χ1) is 10.9. The van der Waals surface area contributed by atoms with Crippen molar-refractivity contribution in [1.82, 2.24) is 0 Å². The van der Waals surface area contributed by atoms with Crippen molar-refractivity contribution in [2.45, 2.75) is 65.3 Å². The predicted molar refractivity (Wildman–Crippen MR) is 99.9 cm³/mol. The maximum absolute atomic E-state index is 6.08. The summed E-state index contributed by atoms with van der Waals surface area (Å²) in [5.41, 5.74) is 6.98. The Morgan fingerprint density at radius 3 is 2.00 bits per heavy atom. The van der Waals surface area contributed by atoms with Gasteiger partial charge in [-0.25, -0.2) is 0 Å². The van der Waals surface area contributed by atoms with Gasteiger partial charge in [0.25, 0.3) is 0 Å². The minimum absolute atomic E-state index is 0.206. The third-order valence-corrected chi connectivity index (χ3v) is 4.45. The summed E-state index contributed by atoms with van der Waals surface area (Å²) in [6.07, 6.45) is 2.03. The van der Waals surface area contributed by atoms with Gasteiger partial charge in [-0.3, -0.25) is 0 Å². The van der Waals surface area contributed by atoms with Crippen LogP contribution in [0.25, 0.3) is 6.08 Å². The highest BCUT2D eigenvalue weighted by Gasteiger charge is 2.52. The Bertz CT molecular complexity index is 584. The van der Waals surface area contributed by atoms with Crippen LogP contribution in [0.2, 0.25) is 0 Å². The lowest BCUT2D eigenvalue weighted by Crippen LogP contribution is -2.41. The van der Waals surface area contributed by atoms with Crippen LogP contribution >= 0.6 is 0 Å². The van der Waals surface area contributed by atoms with E-state index in [1.807, 2.05) is 78.8 Å². The summed E-state index contributed by atoms with van der Waals surface area (Å²) in [5.74, 6) is 0.851. The first kappa shape index (κ1) is 19.0. The molecule has 1 aromatic carbocycles. The van der Waals surface area contributed by atoms with E-state index in [1.165, 1.54) is 0 Å². The van der Waals surface area contributed by atoms with Crippen LogP contribution in [0.5, 0.6) is 5.75 Å². The lowest BCUT2D eigenvalue weighted by atomic mass is 9.77. The molecule has 1 heterocycles. The minimum atomic E-state index is -0.412. The maximum atomic E-state index is 6.08. The smallest absolute Gasteiger partial charge is 0.488 e. The van der Waals surface area contributed by atoms with Gasteiger partial charge in [0.05, 0.1) is 11.2 Å². The molecule has 1 aromatic rings. The SMILES string of the molecule is CC(C)(C)Oc1ccc(C=C(CN)B2OC(C)(C)C(C)(C)O2)cc1. The summed E-state index contributed by atoms with van der Waals surface area (Å²) in [7, 11) is -0.412. The number of hydrogen-bond donors (Lipinski definition) is 1. The maximum Gasteiger partial charge on any atom is 0.491 e. The van der Waals surface area contributed by atoms with Crippen LogP contribution in [0.15, 0.2) is 29.7 Å². The van der Waals surface area contributed by atoms with E-state index in [1.54, 1.807) is 0 Å². The van der Waals surface area contributed by atoms with E-state index in [0.717, 1.165) is 16.8 Å². The Labute approximate surface area is 146 Å². The molecule has 2 N–H and O–H groups in total. The molecule has 0 aliphatic carbocycles. The average molecular weight is 331 g/mol. The Hall–Kier alpha value is -1.30. The molecule has 0 aromatic heterocycles. The van der Waals surface area contributed by atoms with Gasteiger partial charge >= 0.3 is 7.12 Å². The molecule has 5 heteroatoms. The monoisotopic (exact) mass is 331 g/mol. The van der Waals surface area contributed by atoms with Crippen LogP contribution in [0.1, 0.15) is 54.0 Å². The number of nitrogens with two attached hydrogens (primary N) is 1. The molecule has 0 unspecified atom stereocenters. The molecular formula is C19H30BNO3. The Balaban J connectivity index is 2.17. The van der Waals surface area contributed by atoms with Crippen molar-refractivity contribution in [3.63, 3.8) is 0 Å². The third-order valence-electron chi connectivity index (χ3n) is 4.45. The molecular weight excluding hydrogens is 301 g/mol. The van der Waals surface area contributed by atoms with Crippen LogP contribution in [-0.4, -0.2) is 30.5 Å². The van der Waals surface area contributed by atoms with Gasteiger partial charge in [0.2, 0.25) is 0 Å². The minimum Gasteiger partial charge on any atom is -0.488 e. The Morgan fingerprint density at radius 2 is 1.58 bits per heavy atom. The molecule has 0 bridgehead atoms. The fourth-order valence-corrected chi connectivity index (χ4v) is 2.42. The van der Waals surface area contributed by atoms with Crippen LogP contribution in [0.3, 0.4) is 0 Å². The lowest BCUT2D eigenvalue weighted by molar-refractivity contribution is 0.00578. The van der Waals surface area contributed by atoms with Crippen molar-refractivity contribution in [2.75, 3.05) is 6.54 Å². The van der Waals surface area contributed by atoms with E-state index in [2.05, 4.69) is 0 Å². The van der Waals surface area contributed by atoms with E-state index in [4.69, 9.17) is 19.8 Å². The molecule has 1 saturated heterocycles. The van der Waals surface area contributed by atoms with E-state index >= 15 is 0 Å². The topological polar surface area (TPSA) is 53.7 Å². The normalized spacial score (nSPS) is 20.3. The van der Waals surface area contributed by atoms with Crippen molar-refractivity contribution in [3.05, 3.63) is 35.3 Å². The largest absolute Gasteiger partial charge is 0.491 e. The van der Waals surface area contributed by atoms with Crippen molar-refractivity contribution in [1.29, 1.82) is 0 Å². The summed E-state index contributed by atoms with van der Waals surface area (Å²) in [4.78, 5) is 0. The zero-order chi connectivity index (χ0) is 18.2. The van der Waals surface area contributed by atoms with Gasteiger partial charge in [0.1, 0.15) is 11.4 Å². The van der Waals surface area contributed by atoms with Crippen molar-refractivity contribution >= 4 is 13.2 Å². The molecule has 132 valence electrons. The fourth-order valence-electron chi connectivity index (χ4n) is 2.42. The van der Waals surface area contributed by atoms with Crippen LogP contribution in [0.4, 0.5) is 0 Å². The Morgan fingerprint density at radius 1 is 1.08 bits per heavy atom. The molecule has 0 amide bonds. The van der Waals surface area contributed by atoms with Gasteiger partial charge in [0, 0.05) is 6.54 Å². The van der Waals surface area contributed by atoms with Gasteiger partial charge < -0.3 is 19.8 Å². The van der Waals surface area contributed by atoms with E-state index in [9.17, 15) is 0 Å². The molecule has 0 saturated carbocycles. The number of rotatable bonds is 4. The fraction of sp³-hybridized carbons (Fsp3) is 0.579. The van der Waals surface area contributed by atoms with Crippen molar-refractivity contribution in [3.8, 4) is 5.75 Å². The zero-order valence-corrected chi connectivity index (χ0v) is 16.0. The highest BCUT2D eigenvalue weighted by atomic mass is 16.7. The van der Waals surface area contributed by atoms with Gasteiger partial charge in [0.15, 0.2) is 0 Å². The molecule has 0 radical (unpaired) electrons. The number of ether oxygens (including phenoxy) is 1. The van der Waals surface area contributed by atoms with E-state index in [-0.39, 0.29) is 16.8 Å². The molecule has 1 aliphatic rings. The molecule has 0 atom stereocenters. The first-order valence-corrected chi connectivity index (χ1v) is 8.49. The third kappa shape index (κ3) is 4.41. The summed E-state index contributed by atoms with van der Waals surface area (Å²) < 4.78 is 18.0. The zero-order valence-electron chi connectivity index (χ0n) is 16.0. The van der Waals surface area contributed by atoms with Crippen LogP contribution in [0, 0.1) is 0 Å². The van der Waals surface area contributed by atoms with Gasteiger partial charge in [-0.2, -0.15) is 0 Å². The van der Waals surface area contributed by atoms with Crippen molar-refractivity contribution < 1.29 is 14.0 Å². The highest BCUT2D eigenvalue weighted by molar-refractivity contribution is 6.55. The second-order valence-electron chi connectivity index (χ2n) is 8.30. The van der Waals surface area contributed by atoms with Gasteiger partial charge in [-0.05, 0) is 71.6 Å². The van der Waals surface area contributed by atoms with Crippen LogP contribution in [-0.2, 0) is 9.31 Å². The average Bonchev–Trinajstić information content (AvgIpc) is 2.64. The standard InChI is InChI=1S/C19H30BNO3/c1-17(2,3)22-16-10-8-14(9-11-16)12-15(13-21)20-23-18(4,5)19(6,7)24-20/h8-12H,13,21H2,1-7H3. The van der Waals surface area contributed by atoms with Gasteiger partial charge in [-0.1, -0.05) is 18.2 Å². The quantitative estimate of drug-likeness (QED) is 0.852. The highest BCUT2D eigenvalue weighted by Crippen LogP contribution is 2.38. The molecule has 24 heavy (non-hydrogen) atoms. The molecule has 1 fully saturated rings. The summed E-state index contributed by atoms with van der Waals surface area (Å²) in [6.45, 7) is 14.7.